The van der Waals surface area contributed by atoms with E-state index in [4.69, 9.17) is 11.6 Å². The third kappa shape index (κ3) is 3.63. The van der Waals surface area contributed by atoms with Gasteiger partial charge in [0.1, 0.15) is 5.76 Å². The molecule has 0 bridgehead atoms. The van der Waals surface area contributed by atoms with E-state index >= 15 is 0 Å². The molecule has 7 nitrogen and oxygen atoms in total. The fourth-order valence-electron chi connectivity index (χ4n) is 3.68. The highest BCUT2D eigenvalue weighted by Crippen LogP contribution is 2.43. The Kier molecular flexibility index (Phi) is 5.50. The number of non-ortho nitro benzene ring substituents is 1. The molecule has 0 aromatic heterocycles. The van der Waals surface area contributed by atoms with Crippen molar-refractivity contribution < 1.29 is 19.6 Å². The number of anilines is 1. The Bertz CT molecular complexity index is 1270. The molecule has 32 heavy (non-hydrogen) atoms. The molecule has 4 rings (SSSR count). The highest BCUT2D eigenvalue weighted by Gasteiger charge is 2.47. The van der Waals surface area contributed by atoms with Crippen molar-refractivity contribution in [3.63, 3.8) is 0 Å². The van der Waals surface area contributed by atoms with Crippen molar-refractivity contribution in [2.45, 2.75) is 13.0 Å². The number of carbonyl (C=O) groups excluding carboxylic acids is 2. The Morgan fingerprint density at radius 2 is 1.69 bits per heavy atom. The number of amides is 1. The number of ketones is 1. The van der Waals surface area contributed by atoms with E-state index in [0.29, 0.717) is 21.8 Å². The predicted octanol–water partition coefficient (Wildman–Crippen LogP) is 5.18. The Labute approximate surface area is 188 Å². The van der Waals surface area contributed by atoms with Gasteiger partial charge < -0.3 is 5.11 Å². The van der Waals surface area contributed by atoms with E-state index in [-0.39, 0.29) is 17.0 Å². The zero-order chi connectivity index (χ0) is 23.0. The van der Waals surface area contributed by atoms with E-state index in [1.807, 2.05) is 6.92 Å². The Hall–Kier alpha value is -3.97. The molecule has 8 heteroatoms. The van der Waals surface area contributed by atoms with E-state index in [1.165, 1.54) is 29.2 Å². The van der Waals surface area contributed by atoms with E-state index in [9.17, 15) is 24.8 Å². The number of aliphatic hydroxyl groups excluding tert-OH is 1. The normalized spacial score (nSPS) is 17.6. The second-order valence-corrected chi connectivity index (χ2v) is 7.72. The molecule has 1 heterocycles. The molecular formula is C24H17ClN2O5. The number of rotatable bonds is 4. The van der Waals surface area contributed by atoms with Crippen molar-refractivity contribution in [1.82, 2.24) is 0 Å². The summed E-state index contributed by atoms with van der Waals surface area (Å²) in [6, 6.07) is 17.9. The van der Waals surface area contributed by atoms with Crippen LogP contribution in [-0.2, 0) is 9.59 Å². The molecular weight excluding hydrogens is 432 g/mol. The summed E-state index contributed by atoms with van der Waals surface area (Å²) >= 11 is 6.26. The van der Waals surface area contributed by atoms with Crippen LogP contribution in [0.4, 0.5) is 11.4 Å². The van der Waals surface area contributed by atoms with Crippen molar-refractivity contribution in [3.8, 4) is 0 Å². The molecule has 1 aliphatic heterocycles. The monoisotopic (exact) mass is 448 g/mol. The zero-order valence-corrected chi connectivity index (χ0v) is 17.6. The molecule has 1 atom stereocenters. The van der Waals surface area contributed by atoms with Crippen molar-refractivity contribution >= 4 is 40.4 Å². The molecule has 1 fully saturated rings. The number of nitro groups is 1. The lowest BCUT2D eigenvalue weighted by atomic mass is 9.95. The van der Waals surface area contributed by atoms with Gasteiger partial charge in [0.05, 0.1) is 16.5 Å². The van der Waals surface area contributed by atoms with Gasteiger partial charge in [-0.2, -0.15) is 0 Å². The lowest BCUT2D eigenvalue weighted by Crippen LogP contribution is -2.29. The molecule has 3 aromatic rings. The van der Waals surface area contributed by atoms with Crippen LogP contribution in [-0.4, -0.2) is 21.7 Å². The van der Waals surface area contributed by atoms with E-state index in [0.717, 1.165) is 5.56 Å². The van der Waals surface area contributed by atoms with Gasteiger partial charge in [-0.05, 0) is 42.3 Å². The summed E-state index contributed by atoms with van der Waals surface area (Å²) in [6.07, 6.45) is 0. The zero-order valence-electron chi connectivity index (χ0n) is 16.9. The highest BCUT2D eigenvalue weighted by atomic mass is 35.5. The first-order valence-corrected chi connectivity index (χ1v) is 10.0. The minimum atomic E-state index is -0.991. The number of nitro benzene ring substituents is 1. The average molecular weight is 449 g/mol. The Balaban J connectivity index is 1.94. The van der Waals surface area contributed by atoms with Crippen molar-refractivity contribution in [1.29, 1.82) is 0 Å². The average Bonchev–Trinajstić information content (AvgIpc) is 3.06. The van der Waals surface area contributed by atoms with Gasteiger partial charge in [-0.3, -0.25) is 24.6 Å². The maximum Gasteiger partial charge on any atom is 0.300 e. The standard InChI is InChI=1S/C24H17ClN2O5/c1-14-7-10-18(13-19(14)25)26-21(15-8-11-17(12-9-15)27(31)32)20(23(29)24(26)30)22(28)16-5-3-2-4-6-16/h2-13,21,28H,1H3/b22-20+. The van der Waals surface area contributed by atoms with E-state index in [2.05, 4.69) is 0 Å². The minimum absolute atomic E-state index is 0.105. The molecule has 0 spiro atoms. The number of hydrogen-bond acceptors (Lipinski definition) is 5. The summed E-state index contributed by atoms with van der Waals surface area (Å²) in [6.45, 7) is 1.81. The molecule has 0 aliphatic carbocycles. The summed E-state index contributed by atoms with van der Waals surface area (Å²) in [5.74, 6) is -2.01. The van der Waals surface area contributed by atoms with Crippen molar-refractivity contribution in [2.24, 2.45) is 0 Å². The number of hydrogen-bond donors (Lipinski definition) is 1. The molecule has 1 unspecified atom stereocenters. The smallest absolute Gasteiger partial charge is 0.300 e. The van der Waals surface area contributed by atoms with Gasteiger partial charge in [-0.1, -0.05) is 48.0 Å². The number of aliphatic hydroxyl groups is 1. The third-order valence-electron chi connectivity index (χ3n) is 5.34. The highest BCUT2D eigenvalue weighted by molar-refractivity contribution is 6.51. The molecule has 0 saturated carbocycles. The largest absolute Gasteiger partial charge is 0.507 e. The lowest BCUT2D eigenvalue weighted by Gasteiger charge is -2.25. The molecule has 0 radical (unpaired) electrons. The summed E-state index contributed by atoms with van der Waals surface area (Å²) in [5.41, 5.74) is 1.74. The van der Waals surface area contributed by atoms with Crippen LogP contribution in [0.15, 0.2) is 78.4 Å². The van der Waals surface area contributed by atoms with Gasteiger partial charge in [0.25, 0.3) is 17.4 Å². The predicted molar refractivity (Wildman–Crippen MR) is 121 cm³/mol. The number of nitrogens with zero attached hydrogens (tertiary/aromatic N) is 2. The van der Waals surface area contributed by atoms with E-state index in [1.54, 1.807) is 48.5 Å². The fraction of sp³-hybridized carbons (Fsp3) is 0.0833. The molecule has 160 valence electrons. The van der Waals surface area contributed by atoms with Crippen LogP contribution >= 0.6 is 11.6 Å². The van der Waals surface area contributed by atoms with Crippen molar-refractivity contribution in [2.75, 3.05) is 4.90 Å². The number of carbonyl (C=O) groups is 2. The van der Waals surface area contributed by atoms with Crippen LogP contribution < -0.4 is 4.90 Å². The lowest BCUT2D eigenvalue weighted by molar-refractivity contribution is -0.384. The SMILES string of the molecule is Cc1ccc(N2C(=O)C(=O)/C(=C(/O)c3ccccc3)C2c2ccc([N+](=O)[O-])cc2)cc1Cl. The fourth-order valence-corrected chi connectivity index (χ4v) is 3.85. The van der Waals surface area contributed by atoms with Crippen LogP contribution in [0.2, 0.25) is 5.02 Å². The molecule has 1 saturated heterocycles. The van der Waals surface area contributed by atoms with Gasteiger partial charge in [0.2, 0.25) is 0 Å². The van der Waals surface area contributed by atoms with Crippen molar-refractivity contribution in [3.05, 3.63) is 110 Å². The van der Waals surface area contributed by atoms with Gasteiger partial charge in [0, 0.05) is 28.4 Å². The van der Waals surface area contributed by atoms with Gasteiger partial charge in [0.15, 0.2) is 0 Å². The number of aryl methyl sites for hydroxylation is 1. The van der Waals surface area contributed by atoms with Gasteiger partial charge in [-0.25, -0.2) is 0 Å². The second kappa shape index (κ2) is 8.28. The van der Waals surface area contributed by atoms with E-state index < -0.39 is 22.7 Å². The maximum absolute atomic E-state index is 13.1. The van der Waals surface area contributed by atoms with Crippen LogP contribution in [0, 0.1) is 17.0 Å². The first-order chi connectivity index (χ1) is 15.3. The molecule has 1 aliphatic rings. The van der Waals surface area contributed by atoms with Gasteiger partial charge in [-0.15, -0.1) is 0 Å². The molecule has 3 aromatic carbocycles. The second-order valence-electron chi connectivity index (χ2n) is 7.32. The van der Waals surface area contributed by atoms with Crippen LogP contribution in [0.25, 0.3) is 5.76 Å². The van der Waals surface area contributed by atoms with Gasteiger partial charge >= 0.3 is 0 Å². The number of Topliss-reactive ketones (excluding diaryl/α,β-unsaturated/α-hetero) is 1. The van der Waals surface area contributed by atoms with Crippen LogP contribution in [0.3, 0.4) is 0 Å². The third-order valence-corrected chi connectivity index (χ3v) is 5.75. The van der Waals surface area contributed by atoms with Crippen LogP contribution in [0.1, 0.15) is 22.7 Å². The summed E-state index contributed by atoms with van der Waals surface area (Å²) < 4.78 is 0. The molecule has 1 N–H and O–H groups in total. The summed E-state index contributed by atoms with van der Waals surface area (Å²) in [7, 11) is 0. The maximum atomic E-state index is 13.1. The number of benzene rings is 3. The minimum Gasteiger partial charge on any atom is -0.507 e. The first kappa shape index (κ1) is 21.3. The van der Waals surface area contributed by atoms with Crippen LogP contribution in [0.5, 0.6) is 0 Å². The summed E-state index contributed by atoms with van der Waals surface area (Å²) in [4.78, 5) is 37.9. The number of halogens is 1. The quantitative estimate of drug-likeness (QED) is 0.195. The molecule has 1 amide bonds. The topological polar surface area (TPSA) is 101 Å². The summed E-state index contributed by atoms with van der Waals surface area (Å²) in [5, 5.41) is 22.5. The first-order valence-electron chi connectivity index (χ1n) is 9.66. The Morgan fingerprint density at radius 3 is 2.28 bits per heavy atom. The Morgan fingerprint density at radius 1 is 1.03 bits per heavy atom.